The van der Waals surface area contributed by atoms with E-state index in [9.17, 15) is 13.2 Å². The standard InChI is InChI=1S/C31H31ClN2O3S/c1-21-10-17-29(23(3)18-21)24(4)33-31(35)26-14-12-25(13-15-26)20-34(30-19-27(32)16-11-22(30)2)38(36,37)28-8-6-5-7-9-28/h5-19,24H,20H2,1-4H3,(H,33,35). The van der Waals surface area contributed by atoms with Gasteiger partial charge in [0.15, 0.2) is 0 Å². The molecule has 0 fully saturated rings. The fraction of sp³-hybridized carbons (Fsp3) is 0.194. The van der Waals surface area contributed by atoms with Gasteiger partial charge in [-0.2, -0.15) is 0 Å². The van der Waals surface area contributed by atoms with E-state index in [1.165, 1.54) is 9.87 Å². The molecule has 5 nitrogen and oxygen atoms in total. The number of aryl methyl sites for hydroxylation is 3. The molecule has 4 aromatic rings. The van der Waals surface area contributed by atoms with Crippen molar-refractivity contribution in [2.75, 3.05) is 4.31 Å². The van der Waals surface area contributed by atoms with Gasteiger partial charge in [0.1, 0.15) is 0 Å². The minimum absolute atomic E-state index is 0.0826. The summed E-state index contributed by atoms with van der Waals surface area (Å²) in [4.78, 5) is 13.1. The third-order valence-electron chi connectivity index (χ3n) is 6.55. The van der Waals surface area contributed by atoms with E-state index < -0.39 is 10.0 Å². The lowest BCUT2D eigenvalue weighted by molar-refractivity contribution is 0.0940. The largest absolute Gasteiger partial charge is 0.346 e. The van der Waals surface area contributed by atoms with Crippen molar-refractivity contribution in [2.45, 2.75) is 45.2 Å². The average Bonchev–Trinajstić information content (AvgIpc) is 2.89. The van der Waals surface area contributed by atoms with E-state index in [0.717, 1.165) is 22.3 Å². The van der Waals surface area contributed by atoms with Gasteiger partial charge in [-0.25, -0.2) is 8.42 Å². The van der Waals surface area contributed by atoms with E-state index in [2.05, 4.69) is 11.4 Å². The van der Waals surface area contributed by atoms with E-state index in [4.69, 9.17) is 11.6 Å². The monoisotopic (exact) mass is 546 g/mol. The zero-order valence-electron chi connectivity index (χ0n) is 21.9. The van der Waals surface area contributed by atoms with Crippen molar-refractivity contribution in [1.29, 1.82) is 0 Å². The number of halogens is 1. The zero-order chi connectivity index (χ0) is 27.4. The van der Waals surface area contributed by atoms with Gasteiger partial charge in [0, 0.05) is 10.6 Å². The number of carbonyl (C=O) groups is 1. The summed E-state index contributed by atoms with van der Waals surface area (Å²) in [5.41, 5.74) is 5.90. The van der Waals surface area contributed by atoms with Crippen molar-refractivity contribution in [2.24, 2.45) is 0 Å². The van der Waals surface area contributed by atoms with Gasteiger partial charge in [0.05, 0.1) is 23.2 Å². The van der Waals surface area contributed by atoms with Crippen LogP contribution in [0.15, 0.2) is 95.9 Å². The quantitative estimate of drug-likeness (QED) is 0.255. The van der Waals surface area contributed by atoms with E-state index in [1.807, 2.05) is 39.8 Å². The van der Waals surface area contributed by atoms with E-state index in [-0.39, 0.29) is 23.4 Å². The topological polar surface area (TPSA) is 66.5 Å². The number of sulfonamides is 1. The highest BCUT2D eigenvalue weighted by atomic mass is 35.5. The van der Waals surface area contributed by atoms with Crippen LogP contribution in [-0.2, 0) is 16.6 Å². The lowest BCUT2D eigenvalue weighted by Gasteiger charge is -2.26. The molecular weight excluding hydrogens is 516 g/mol. The minimum Gasteiger partial charge on any atom is -0.346 e. The Morgan fingerprint density at radius 2 is 1.55 bits per heavy atom. The highest BCUT2D eigenvalue weighted by Crippen LogP contribution is 2.31. The molecule has 0 aromatic heterocycles. The third-order valence-corrected chi connectivity index (χ3v) is 8.56. The lowest BCUT2D eigenvalue weighted by atomic mass is 10.00. The summed E-state index contributed by atoms with van der Waals surface area (Å²) >= 11 is 6.25. The Kier molecular flexibility index (Phi) is 8.24. The molecule has 0 saturated heterocycles. The van der Waals surface area contributed by atoms with Crippen molar-refractivity contribution in [3.8, 4) is 0 Å². The molecule has 4 rings (SSSR count). The van der Waals surface area contributed by atoms with Crippen LogP contribution in [0.5, 0.6) is 0 Å². The number of rotatable bonds is 8. The van der Waals surface area contributed by atoms with Crippen LogP contribution in [0, 0.1) is 20.8 Å². The molecule has 0 radical (unpaired) electrons. The lowest BCUT2D eigenvalue weighted by Crippen LogP contribution is -2.31. The Bertz CT molecular complexity index is 1550. The summed E-state index contributed by atoms with van der Waals surface area (Å²) in [5, 5.41) is 3.51. The Morgan fingerprint density at radius 3 is 2.21 bits per heavy atom. The molecule has 1 atom stereocenters. The molecule has 0 aliphatic rings. The molecular formula is C31H31ClN2O3S. The van der Waals surface area contributed by atoms with Crippen LogP contribution >= 0.6 is 11.6 Å². The van der Waals surface area contributed by atoms with Crippen molar-refractivity contribution >= 4 is 33.2 Å². The van der Waals surface area contributed by atoms with Gasteiger partial charge < -0.3 is 5.32 Å². The molecule has 1 amide bonds. The Balaban J connectivity index is 1.59. The summed E-state index contributed by atoms with van der Waals surface area (Å²) in [7, 11) is -3.88. The first-order valence-electron chi connectivity index (χ1n) is 12.4. The summed E-state index contributed by atoms with van der Waals surface area (Å²) in [6, 6.07) is 26.5. The number of anilines is 1. The molecule has 0 heterocycles. The second kappa shape index (κ2) is 11.4. The molecule has 1 unspecified atom stereocenters. The van der Waals surface area contributed by atoms with E-state index in [1.54, 1.807) is 72.8 Å². The van der Waals surface area contributed by atoms with Crippen molar-refractivity contribution in [1.82, 2.24) is 5.32 Å². The molecule has 4 aromatic carbocycles. The van der Waals surface area contributed by atoms with Gasteiger partial charge in [-0.05, 0) is 86.3 Å². The van der Waals surface area contributed by atoms with Crippen molar-refractivity contribution in [3.05, 3.63) is 129 Å². The number of benzene rings is 4. The van der Waals surface area contributed by atoms with Gasteiger partial charge in [-0.1, -0.05) is 71.8 Å². The fourth-order valence-electron chi connectivity index (χ4n) is 4.47. The first kappa shape index (κ1) is 27.4. The summed E-state index contributed by atoms with van der Waals surface area (Å²) in [6.45, 7) is 7.98. The van der Waals surface area contributed by atoms with Crippen LogP contribution in [0.25, 0.3) is 0 Å². The normalized spacial score (nSPS) is 12.1. The number of hydrogen-bond acceptors (Lipinski definition) is 3. The van der Waals surface area contributed by atoms with Crippen LogP contribution < -0.4 is 9.62 Å². The Hall–Kier alpha value is -3.61. The van der Waals surface area contributed by atoms with Crippen LogP contribution in [0.1, 0.15) is 51.1 Å². The van der Waals surface area contributed by atoms with Crippen molar-refractivity contribution in [3.63, 3.8) is 0 Å². The van der Waals surface area contributed by atoms with Gasteiger partial charge in [0.25, 0.3) is 15.9 Å². The van der Waals surface area contributed by atoms with Crippen molar-refractivity contribution < 1.29 is 13.2 Å². The van der Waals surface area contributed by atoms with Crippen LogP contribution in [0.2, 0.25) is 5.02 Å². The van der Waals surface area contributed by atoms with E-state index >= 15 is 0 Å². The minimum atomic E-state index is -3.88. The highest BCUT2D eigenvalue weighted by molar-refractivity contribution is 7.92. The number of carbonyl (C=O) groups excluding carboxylic acids is 1. The molecule has 1 N–H and O–H groups in total. The predicted octanol–water partition coefficient (Wildman–Crippen LogP) is 7.15. The second-order valence-corrected chi connectivity index (χ2v) is 11.8. The number of nitrogens with one attached hydrogen (secondary N) is 1. The molecule has 0 bridgehead atoms. The second-order valence-electron chi connectivity index (χ2n) is 9.51. The molecule has 7 heteroatoms. The summed E-state index contributed by atoms with van der Waals surface area (Å²) in [5.74, 6) is -0.191. The Morgan fingerprint density at radius 1 is 0.868 bits per heavy atom. The smallest absolute Gasteiger partial charge is 0.264 e. The first-order valence-corrected chi connectivity index (χ1v) is 14.2. The maximum atomic E-state index is 13.7. The summed E-state index contributed by atoms with van der Waals surface area (Å²) < 4.78 is 28.8. The average molecular weight is 547 g/mol. The molecule has 0 aliphatic carbocycles. The maximum Gasteiger partial charge on any atom is 0.264 e. The molecule has 196 valence electrons. The maximum absolute atomic E-state index is 13.7. The predicted molar refractivity (Wildman–Crippen MR) is 154 cm³/mol. The SMILES string of the molecule is Cc1ccc(C(C)NC(=O)c2ccc(CN(c3cc(Cl)ccc3C)S(=O)(=O)c3ccccc3)cc2)c(C)c1. The van der Waals surface area contributed by atoms with Gasteiger partial charge in [0.2, 0.25) is 0 Å². The molecule has 38 heavy (non-hydrogen) atoms. The van der Waals surface area contributed by atoms with Gasteiger partial charge in [-0.3, -0.25) is 9.10 Å². The fourth-order valence-corrected chi connectivity index (χ4v) is 6.16. The zero-order valence-corrected chi connectivity index (χ0v) is 23.5. The summed E-state index contributed by atoms with van der Waals surface area (Å²) in [6.07, 6.45) is 0. The van der Waals surface area contributed by atoms with Crippen LogP contribution in [0.4, 0.5) is 5.69 Å². The molecule has 0 saturated carbocycles. The van der Waals surface area contributed by atoms with Crippen LogP contribution in [-0.4, -0.2) is 14.3 Å². The number of nitrogens with zero attached hydrogens (tertiary/aromatic N) is 1. The number of amides is 1. The first-order chi connectivity index (χ1) is 18.1. The van der Waals surface area contributed by atoms with Gasteiger partial charge in [-0.15, -0.1) is 0 Å². The third kappa shape index (κ3) is 6.09. The van der Waals surface area contributed by atoms with Crippen LogP contribution in [0.3, 0.4) is 0 Å². The molecule has 0 aliphatic heterocycles. The highest BCUT2D eigenvalue weighted by Gasteiger charge is 2.26. The number of hydrogen-bond donors (Lipinski definition) is 1. The Labute approximate surface area is 230 Å². The van der Waals surface area contributed by atoms with E-state index in [0.29, 0.717) is 16.3 Å². The molecule has 0 spiro atoms. The van der Waals surface area contributed by atoms with Gasteiger partial charge >= 0.3 is 0 Å².